The van der Waals surface area contributed by atoms with E-state index < -0.39 is 5.60 Å². The third-order valence-electron chi connectivity index (χ3n) is 4.06. The lowest BCUT2D eigenvalue weighted by atomic mass is 9.94. The zero-order valence-corrected chi connectivity index (χ0v) is 12.2. The number of nitrogens with two attached hydrogens (primary N) is 1. The van der Waals surface area contributed by atoms with Crippen LogP contribution < -0.4 is 15.8 Å². The fourth-order valence-corrected chi connectivity index (χ4v) is 2.33. The van der Waals surface area contributed by atoms with Gasteiger partial charge in [-0.3, -0.25) is 0 Å². The number of ether oxygens (including phenoxy) is 2. The smallest absolute Gasteiger partial charge is 0.239 e. The van der Waals surface area contributed by atoms with Gasteiger partial charge in [-0.1, -0.05) is 0 Å². The fraction of sp³-hybridized carbons (Fsp3) is 0.667. The Balaban J connectivity index is 1.57. The topological polar surface area (TPSA) is 89.6 Å². The van der Waals surface area contributed by atoms with Crippen molar-refractivity contribution in [3.63, 3.8) is 0 Å². The third-order valence-corrected chi connectivity index (χ3v) is 4.06. The molecule has 0 atom stereocenters. The second-order valence-electron chi connectivity index (χ2n) is 6.04. The highest BCUT2D eigenvalue weighted by Gasteiger charge is 2.29. The second-order valence-corrected chi connectivity index (χ2v) is 6.04. The molecule has 1 aliphatic carbocycles. The zero-order valence-electron chi connectivity index (χ0n) is 12.2. The predicted octanol–water partition coefficient (Wildman–Crippen LogP) is 1.41. The molecule has 21 heavy (non-hydrogen) atoms. The molecule has 1 aromatic heterocycles. The maximum absolute atomic E-state index is 10.4. The molecule has 6 heteroatoms. The Morgan fingerprint density at radius 3 is 2.86 bits per heavy atom. The normalized spacial score (nSPS) is 21.0. The first-order valence-electron chi connectivity index (χ1n) is 7.58. The summed E-state index contributed by atoms with van der Waals surface area (Å²) in [6, 6.07) is 3.59. The molecule has 3 rings (SSSR count). The van der Waals surface area contributed by atoms with Crippen LogP contribution in [0.4, 0.5) is 11.5 Å². The molecule has 0 spiro atoms. The highest BCUT2D eigenvalue weighted by atomic mass is 16.5. The average molecular weight is 293 g/mol. The first kappa shape index (κ1) is 14.4. The Morgan fingerprint density at radius 1 is 1.38 bits per heavy atom. The quantitative estimate of drug-likeness (QED) is 0.734. The van der Waals surface area contributed by atoms with Crippen LogP contribution >= 0.6 is 0 Å². The minimum atomic E-state index is -0.726. The van der Waals surface area contributed by atoms with Gasteiger partial charge in [-0.15, -0.1) is 0 Å². The van der Waals surface area contributed by atoms with Gasteiger partial charge in [0.05, 0.1) is 17.9 Å². The number of rotatable bonds is 6. The van der Waals surface area contributed by atoms with Crippen molar-refractivity contribution in [2.75, 3.05) is 37.4 Å². The lowest BCUT2D eigenvalue weighted by Gasteiger charge is -2.32. The molecule has 0 aromatic carbocycles. The van der Waals surface area contributed by atoms with Crippen molar-refractivity contribution < 1.29 is 14.6 Å². The van der Waals surface area contributed by atoms with Crippen LogP contribution in [0.2, 0.25) is 0 Å². The number of hydrogen-bond donors (Lipinski definition) is 3. The van der Waals surface area contributed by atoms with Crippen molar-refractivity contribution in [3.8, 4) is 5.88 Å². The fourth-order valence-electron chi connectivity index (χ4n) is 2.33. The first-order chi connectivity index (χ1) is 10.1. The second kappa shape index (κ2) is 6.07. The summed E-state index contributed by atoms with van der Waals surface area (Å²) in [5, 5.41) is 13.6. The van der Waals surface area contributed by atoms with E-state index in [4.69, 9.17) is 15.2 Å². The molecule has 1 saturated carbocycles. The molecule has 1 aliphatic heterocycles. The highest BCUT2D eigenvalue weighted by Crippen LogP contribution is 2.31. The van der Waals surface area contributed by atoms with E-state index in [2.05, 4.69) is 10.3 Å². The Hall–Kier alpha value is -1.53. The van der Waals surface area contributed by atoms with Gasteiger partial charge >= 0.3 is 0 Å². The van der Waals surface area contributed by atoms with Crippen LogP contribution in [0.3, 0.4) is 0 Å². The monoisotopic (exact) mass is 293 g/mol. The summed E-state index contributed by atoms with van der Waals surface area (Å²) in [7, 11) is 0. The van der Waals surface area contributed by atoms with Gasteiger partial charge in [0.2, 0.25) is 5.88 Å². The Morgan fingerprint density at radius 2 is 2.14 bits per heavy atom. The molecule has 1 aromatic rings. The molecule has 1 saturated heterocycles. The SMILES string of the molecule is Nc1ccc(NCC2(O)CCOCC2)nc1OCC1CC1. The predicted molar refractivity (Wildman–Crippen MR) is 80.4 cm³/mol. The van der Waals surface area contributed by atoms with Crippen molar-refractivity contribution >= 4 is 11.5 Å². The summed E-state index contributed by atoms with van der Waals surface area (Å²) in [6.07, 6.45) is 3.74. The number of anilines is 2. The van der Waals surface area contributed by atoms with E-state index in [1.54, 1.807) is 6.07 Å². The van der Waals surface area contributed by atoms with E-state index in [0.717, 1.165) is 0 Å². The number of pyridine rings is 1. The summed E-state index contributed by atoms with van der Waals surface area (Å²) in [4.78, 5) is 4.39. The summed E-state index contributed by atoms with van der Waals surface area (Å²) in [6.45, 7) is 2.34. The van der Waals surface area contributed by atoms with Crippen molar-refractivity contribution in [1.82, 2.24) is 4.98 Å². The molecule has 2 fully saturated rings. The maximum Gasteiger partial charge on any atom is 0.239 e. The molecule has 2 heterocycles. The standard InChI is InChI=1S/C15H23N3O3/c16-12-3-4-13(18-14(12)21-9-11-1-2-11)17-10-15(19)5-7-20-8-6-15/h3-4,11,19H,1-2,5-10,16H2,(H,17,18). The van der Waals surface area contributed by atoms with Crippen LogP contribution in [0.1, 0.15) is 25.7 Å². The van der Waals surface area contributed by atoms with Gasteiger partial charge in [-0.2, -0.15) is 4.98 Å². The van der Waals surface area contributed by atoms with Gasteiger partial charge in [0.15, 0.2) is 0 Å². The minimum Gasteiger partial charge on any atom is -0.476 e. The molecule has 0 radical (unpaired) electrons. The van der Waals surface area contributed by atoms with Crippen LogP contribution in [0, 0.1) is 5.92 Å². The van der Waals surface area contributed by atoms with E-state index in [1.807, 2.05) is 6.07 Å². The molecule has 2 aliphatic rings. The lowest BCUT2D eigenvalue weighted by Crippen LogP contribution is -2.42. The number of aliphatic hydroxyl groups is 1. The highest BCUT2D eigenvalue weighted by molar-refractivity contribution is 5.53. The first-order valence-corrected chi connectivity index (χ1v) is 7.58. The van der Waals surface area contributed by atoms with Crippen molar-refractivity contribution in [2.45, 2.75) is 31.3 Å². The summed E-state index contributed by atoms with van der Waals surface area (Å²) in [5.74, 6) is 1.81. The molecule has 0 unspecified atom stereocenters. The van der Waals surface area contributed by atoms with E-state index in [9.17, 15) is 5.11 Å². The largest absolute Gasteiger partial charge is 0.476 e. The van der Waals surface area contributed by atoms with Crippen LogP contribution in [0.5, 0.6) is 5.88 Å². The van der Waals surface area contributed by atoms with Gasteiger partial charge in [0.1, 0.15) is 5.82 Å². The number of hydrogen-bond acceptors (Lipinski definition) is 6. The number of nitrogens with one attached hydrogen (secondary N) is 1. The number of nitrogen functional groups attached to an aromatic ring is 1. The van der Waals surface area contributed by atoms with Crippen molar-refractivity contribution in [2.24, 2.45) is 5.92 Å². The number of nitrogens with zero attached hydrogens (tertiary/aromatic N) is 1. The van der Waals surface area contributed by atoms with Gasteiger partial charge in [0.25, 0.3) is 0 Å². The Labute approximate surface area is 124 Å². The van der Waals surface area contributed by atoms with Crippen LogP contribution in [0.15, 0.2) is 12.1 Å². The average Bonchev–Trinajstić information content (AvgIpc) is 3.30. The van der Waals surface area contributed by atoms with Crippen LogP contribution in [-0.4, -0.2) is 42.1 Å². The van der Waals surface area contributed by atoms with Gasteiger partial charge in [-0.05, 0) is 30.9 Å². The van der Waals surface area contributed by atoms with E-state index in [0.29, 0.717) is 62.5 Å². The molecule has 0 amide bonds. The van der Waals surface area contributed by atoms with Crippen LogP contribution in [0.25, 0.3) is 0 Å². The summed E-state index contributed by atoms with van der Waals surface area (Å²) in [5.41, 5.74) is 5.70. The lowest BCUT2D eigenvalue weighted by molar-refractivity contribution is -0.0543. The third kappa shape index (κ3) is 3.98. The Bertz CT molecular complexity index is 485. The van der Waals surface area contributed by atoms with Gasteiger partial charge in [-0.25, -0.2) is 0 Å². The van der Waals surface area contributed by atoms with Crippen LogP contribution in [-0.2, 0) is 4.74 Å². The summed E-state index contributed by atoms with van der Waals surface area (Å²) < 4.78 is 10.9. The Kier molecular flexibility index (Phi) is 4.17. The molecule has 0 bridgehead atoms. The van der Waals surface area contributed by atoms with Crippen molar-refractivity contribution in [3.05, 3.63) is 12.1 Å². The maximum atomic E-state index is 10.4. The number of aromatic nitrogens is 1. The molecular formula is C15H23N3O3. The molecule has 116 valence electrons. The molecule has 4 N–H and O–H groups in total. The molecule has 6 nitrogen and oxygen atoms in total. The zero-order chi connectivity index (χ0) is 14.7. The molecular weight excluding hydrogens is 270 g/mol. The van der Waals surface area contributed by atoms with E-state index in [-0.39, 0.29) is 0 Å². The van der Waals surface area contributed by atoms with E-state index in [1.165, 1.54) is 12.8 Å². The summed E-state index contributed by atoms with van der Waals surface area (Å²) >= 11 is 0. The van der Waals surface area contributed by atoms with Crippen molar-refractivity contribution in [1.29, 1.82) is 0 Å². The van der Waals surface area contributed by atoms with Gasteiger partial charge in [0, 0.05) is 32.6 Å². The minimum absolute atomic E-state index is 0.454. The van der Waals surface area contributed by atoms with Gasteiger partial charge < -0.3 is 25.6 Å². The van der Waals surface area contributed by atoms with E-state index >= 15 is 0 Å².